The molecule has 2 aromatic carbocycles. The van der Waals surface area contributed by atoms with Crippen LogP contribution in [0.4, 0.5) is 5.69 Å². The van der Waals surface area contributed by atoms with Crippen LogP contribution in [0.15, 0.2) is 54.6 Å². The topological polar surface area (TPSA) is 75.7 Å². The SMILES string of the molecule is CCOc1ccc([C@@H](C)NC(=O)[C@@H](CC)N(c2ccccc2)S(C)(=O)=O)cc1. The normalized spacial score (nSPS) is 13.4. The van der Waals surface area contributed by atoms with E-state index in [2.05, 4.69) is 5.32 Å². The second kappa shape index (κ2) is 9.59. The highest BCUT2D eigenvalue weighted by atomic mass is 32.2. The van der Waals surface area contributed by atoms with Crippen molar-refractivity contribution in [1.29, 1.82) is 0 Å². The van der Waals surface area contributed by atoms with E-state index in [-0.39, 0.29) is 11.9 Å². The number of nitrogens with zero attached hydrogens (tertiary/aromatic N) is 1. The van der Waals surface area contributed by atoms with Gasteiger partial charge >= 0.3 is 0 Å². The molecule has 1 N–H and O–H groups in total. The third-order valence-corrected chi connectivity index (χ3v) is 5.57. The van der Waals surface area contributed by atoms with Gasteiger partial charge in [-0.05, 0) is 50.1 Å². The smallest absolute Gasteiger partial charge is 0.244 e. The highest BCUT2D eigenvalue weighted by Crippen LogP contribution is 2.23. The predicted molar refractivity (Wildman–Crippen MR) is 112 cm³/mol. The fraction of sp³-hybridized carbons (Fsp3) is 0.381. The minimum absolute atomic E-state index is 0.269. The van der Waals surface area contributed by atoms with E-state index in [0.29, 0.717) is 18.7 Å². The van der Waals surface area contributed by atoms with Crippen molar-refractivity contribution in [2.45, 2.75) is 39.3 Å². The maximum absolute atomic E-state index is 12.9. The number of anilines is 1. The summed E-state index contributed by atoms with van der Waals surface area (Å²) in [6.07, 6.45) is 1.47. The van der Waals surface area contributed by atoms with Crippen molar-refractivity contribution < 1.29 is 17.9 Å². The zero-order valence-corrected chi connectivity index (χ0v) is 17.6. The first kappa shape index (κ1) is 21.8. The lowest BCUT2D eigenvalue weighted by molar-refractivity contribution is -0.122. The van der Waals surface area contributed by atoms with Crippen molar-refractivity contribution in [3.63, 3.8) is 0 Å². The Hall–Kier alpha value is -2.54. The fourth-order valence-corrected chi connectivity index (χ4v) is 4.26. The van der Waals surface area contributed by atoms with E-state index in [9.17, 15) is 13.2 Å². The van der Waals surface area contributed by atoms with E-state index in [1.165, 1.54) is 4.31 Å². The van der Waals surface area contributed by atoms with E-state index in [1.807, 2.05) is 38.1 Å². The standard InChI is InChI=1S/C21H28N2O4S/c1-5-20(23(28(4,25)26)18-10-8-7-9-11-18)21(24)22-16(3)17-12-14-19(15-13-17)27-6-2/h7-16,20H,5-6H2,1-4H3,(H,22,24)/t16-,20-/m1/s1. The summed E-state index contributed by atoms with van der Waals surface area (Å²) in [6, 6.07) is 15.1. The molecule has 0 radical (unpaired) electrons. The van der Waals surface area contributed by atoms with Gasteiger partial charge in [0.1, 0.15) is 11.8 Å². The lowest BCUT2D eigenvalue weighted by Crippen LogP contribution is -2.49. The van der Waals surface area contributed by atoms with Gasteiger partial charge < -0.3 is 10.1 Å². The molecular weight excluding hydrogens is 376 g/mol. The van der Waals surface area contributed by atoms with Crippen LogP contribution in [0, 0.1) is 0 Å². The molecule has 6 nitrogen and oxygen atoms in total. The Morgan fingerprint density at radius 3 is 2.18 bits per heavy atom. The highest BCUT2D eigenvalue weighted by molar-refractivity contribution is 7.92. The first-order chi connectivity index (χ1) is 13.3. The molecule has 0 saturated carbocycles. The minimum atomic E-state index is -3.63. The molecule has 0 heterocycles. The van der Waals surface area contributed by atoms with E-state index in [1.54, 1.807) is 37.3 Å². The highest BCUT2D eigenvalue weighted by Gasteiger charge is 2.32. The number of sulfonamides is 1. The molecule has 7 heteroatoms. The zero-order chi connectivity index (χ0) is 20.7. The predicted octanol–water partition coefficient (Wildman–Crippen LogP) is 3.51. The summed E-state index contributed by atoms with van der Waals surface area (Å²) in [7, 11) is -3.63. The molecule has 0 aliphatic rings. The van der Waals surface area contributed by atoms with Crippen molar-refractivity contribution in [2.24, 2.45) is 0 Å². The lowest BCUT2D eigenvalue weighted by Gasteiger charge is -2.31. The van der Waals surface area contributed by atoms with Gasteiger partial charge in [-0.25, -0.2) is 8.42 Å². The molecule has 0 saturated heterocycles. The van der Waals surface area contributed by atoms with Crippen LogP contribution < -0.4 is 14.4 Å². The van der Waals surface area contributed by atoms with Crippen LogP contribution in [0.1, 0.15) is 38.8 Å². The molecule has 2 rings (SSSR count). The maximum atomic E-state index is 12.9. The Labute approximate surface area is 167 Å². The van der Waals surface area contributed by atoms with Crippen LogP contribution in [0.3, 0.4) is 0 Å². The maximum Gasteiger partial charge on any atom is 0.244 e. The Kier molecular flexibility index (Phi) is 7.45. The van der Waals surface area contributed by atoms with E-state index in [0.717, 1.165) is 17.6 Å². The summed E-state index contributed by atoms with van der Waals surface area (Å²) in [5, 5.41) is 2.94. The molecule has 0 aromatic heterocycles. The summed E-state index contributed by atoms with van der Waals surface area (Å²) < 4.78 is 31.5. The molecule has 0 aliphatic carbocycles. The fourth-order valence-electron chi connectivity index (χ4n) is 3.05. The van der Waals surface area contributed by atoms with Gasteiger partial charge in [0.05, 0.1) is 24.6 Å². The van der Waals surface area contributed by atoms with Crippen LogP contribution in [-0.4, -0.2) is 33.2 Å². The molecule has 2 aromatic rings. The summed E-state index contributed by atoms with van der Waals surface area (Å²) >= 11 is 0. The Morgan fingerprint density at radius 1 is 1.07 bits per heavy atom. The number of ether oxygens (including phenoxy) is 1. The molecule has 0 unspecified atom stereocenters. The van der Waals surface area contributed by atoms with Gasteiger partial charge in [-0.2, -0.15) is 0 Å². The van der Waals surface area contributed by atoms with Gasteiger partial charge in [0.2, 0.25) is 15.9 Å². The van der Waals surface area contributed by atoms with Crippen LogP contribution in [0.5, 0.6) is 5.75 Å². The summed E-state index contributed by atoms with van der Waals surface area (Å²) in [5.74, 6) is 0.432. The van der Waals surface area contributed by atoms with Crippen molar-refractivity contribution in [3.8, 4) is 5.75 Å². The average Bonchev–Trinajstić information content (AvgIpc) is 2.66. The summed E-state index contributed by atoms with van der Waals surface area (Å²) in [6.45, 7) is 6.17. The average molecular weight is 405 g/mol. The molecular formula is C21H28N2O4S. The van der Waals surface area contributed by atoms with Gasteiger partial charge in [0.15, 0.2) is 0 Å². The Bertz CT molecular complexity index is 867. The Balaban J connectivity index is 2.21. The minimum Gasteiger partial charge on any atom is -0.494 e. The van der Waals surface area contributed by atoms with Crippen LogP contribution in [0.2, 0.25) is 0 Å². The first-order valence-electron chi connectivity index (χ1n) is 9.35. The lowest BCUT2D eigenvalue weighted by atomic mass is 10.1. The van der Waals surface area contributed by atoms with Crippen LogP contribution in [0.25, 0.3) is 0 Å². The largest absolute Gasteiger partial charge is 0.494 e. The van der Waals surface area contributed by atoms with Crippen LogP contribution >= 0.6 is 0 Å². The van der Waals surface area contributed by atoms with Gasteiger partial charge in [-0.3, -0.25) is 9.10 Å². The number of carbonyl (C=O) groups is 1. The molecule has 152 valence electrons. The molecule has 1 amide bonds. The summed E-state index contributed by atoms with van der Waals surface area (Å²) in [5.41, 5.74) is 1.39. The number of para-hydroxylation sites is 1. The number of amides is 1. The zero-order valence-electron chi connectivity index (χ0n) is 16.8. The molecule has 0 fully saturated rings. The monoisotopic (exact) mass is 404 g/mol. The number of rotatable bonds is 9. The van der Waals surface area contributed by atoms with Gasteiger partial charge in [0, 0.05) is 0 Å². The molecule has 0 bridgehead atoms. The quantitative estimate of drug-likeness (QED) is 0.694. The van der Waals surface area contributed by atoms with Crippen LogP contribution in [-0.2, 0) is 14.8 Å². The number of nitrogens with one attached hydrogen (secondary N) is 1. The second-order valence-electron chi connectivity index (χ2n) is 6.55. The molecule has 0 spiro atoms. The third kappa shape index (κ3) is 5.48. The van der Waals surface area contributed by atoms with Crippen molar-refractivity contribution in [2.75, 3.05) is 17.2 Å². The number of hydrogen-bond acceptors (Lipinski definition) is 4. The molecule has 2 atom stereocenters. The van der Waals surface area contributed by atoms with Gasteiger partial charge in [0.25, 0.3) is 0 Å². The first-order valence-corrected chi connectivity index (χ1v) is 11.2. The Morgan fingerprint density at radius 2 is 1.68 bits per heavy atom. The second-order valence-corrected chi connectivity index (χ2v) is 8.41. The molecule has 28 heavy (non-hydrogen) atoms. The number of carbonyl (C=O) groups excluding carboxylic acids is 1. The number of hydrogen-bond donors (Lipinski definition) is 1. The molecule has 0 aliphatic heterocycles. The van der Waals surface area contributed by atoms with E-state index >= 15 is 0 Å². The van der Waals surface area contributed by atoms with Gasteiger partial charge in [-0.1, -0.05) is 37.3 Å². The van der Waals surface area contributed by atoms with Crippen molar-refractivity contribution in [3.05, 3.63) is 60.2 Å². The summed E-state index contributed by atoms with van der Waals surface area (Å²) in [4.78, 5) is 12.9. The van der Waals surface area contributed by atoms with Gasteiger partial charge in [-0.15, -0.1) is 0 Å². The van der Waals surface area contributed by atoms with E-state index < -0.39 is 16.1 Å². The third-order valence-electron chi connectivity index (χ3n) is 4.39. The van der Waals surface area contributed by atoms with Crippen molar-refractivity contribution in [1.82, 2.24) is 5.32 Å². The van der Waals surface area contributed by atoms with Crippen molar-refractivity contribution >= 4 is 21.6 Å². The number of benzene rings is 2. The van der Waals surface area contributed by atoms with E-state index in [4.69, 9.17) is 4.74 Å².